The van der Waals surface area contributed by atoms with E-state index in [0.717, 1.165) is 36.3 Å². The summed E-state index contributed by atoms with van der Waals surface area (Å²) in [5, 5.41) is 3.75. The summed E-state index contributed by atoms with van der Waals surface area (Å²) < 4.78 is 0.852. The number of nitrogens with one attached hydrogen (secondary N) is 1. The first-order chi connectivity index (χ1) is 9.06. The van der Waals surface area contributed by atoms with Crippen molar-refractivity contribution in [1.29, 1.82) is 0 Å². The Balaban J connectivity index is 1.84. The predicted octanol–water partition coefficient (Wildman–Crippen LogP) is 2.29. The summed E-state index contributed by atoms with van der Waals surface area (Å²) in [5.74, 6) is 0.132. The third-order valence-corrected chi connectivity index (χ3v) is 4.45. The van der Waals surface area contributed by atoms with Crippen LogP contribution in [0.4, 0.5) is 5.69 Å². The Bertz CT molecular complexity index is 461. The molecule has 1 aliphatic rings. The molecule has 0 spiro atoms. The topological polar surface area (TPSA) is 35.6 Å². The minimum Gasteiger partial charge on any atom is -0.376 e. The summed E-state index contributed by atoms with van der Waals surface area (Å²) in [4.78, 5) is 16.2. The molecule has 0 aromatic heterocycles. The van der Waals surface area contributed by atoms with Gasteiger partial charge in [-0.25, -0.2) is 0 Å². The molecular formula is C13H17BrClN3O. The number of amides is 1. The van der Waals surface area contributed by atoms with Gasteiger partial charge in [-0.2, -0.15) is 0 Å². The van der Waals surface area contributed by atoms with E-state index in [1.807, 2.05) is 23.1 Å². The number of likely N-dealkylation sites (N-methyl/N-ethyl adjacent to an activating group) is 1. The summed E-state index contributed by atoms with van der Waals surface area (Å²) >= 11 is 9.34. The van der Waals surface area contributed by atoms with Crippen LogP contribution in [0, 0.1) is 0 Å². The molecule has 1 saturated heterocycles. The Morgan fingerprint density at radius 1 is 1.37 bits per heavy atom. The van der Waals surface area contributed by atoms with Crippen LogP contribution in [0.1, 0.15) is 0 Å². The quantitative estimate of drug-likeness (QED) is 0.912. The van der Waals surface area contributed by atoms with Crippen molar-refractivity contribution in [2.45, 2.75) is 0 Å². The molecular weight excluding hydrogens is 330 g/mol. The molecule has 0 saturated carbocycles. The van der Waals surface area contributed by atoms with Crippen LogP contribution in [0.2, 0.25) is 5.02 Å². The zero-order valence-corrected chi connectivity index (χ0v) is 13.2. The zero-order valence-electron chi connectivity index (χ0n) is 10.8. The van der Waals surface area contributed by atoms with Gasteiger partial charge in [-0.15, -0.1) is 0 Å². The molecule has 1 amide bonds. The Morgan fingerprint density at radius 2 is 2.05 bits per heavy atom. The molecule has 0 unspecified atom stereocenters. The Labute approximate surface area is 126 Å². The van der Waals surface area contributed by atoms with Gasteiger partial charge in [-0.05, 0) is 41.2 Å². The average molecular weight is 347 g/mol. The highest BCUT2D eigenvalue weighted by atomic mass is 79.9. The van der Waals surface area contributed by atoms with Crippen LogP contribution in [0.15, 0.2) is 22.7 Å². The molecule has 1 N–H and O–H groups in total. The number of carbonyl (C=O) groups is 1. The number of benzene rings is 1. The third-order valence-electron chi connectivity index (χ3n) is 3.22. The smallest absolute Gasteiger partial charge is 0.241 e. The second kappa shape index (κ2) is 6.59. The maximum Gasteiger partial charge on any atom is 0.241 e. The van der Waals surface area contributed by atoms with Crippen LogP contribution in [-0.4, -0.2) is 55.5 Å². The average Bonchev–Trinajstić information content (AvgIpc) is 2.40. The van der Waals surface area contributed by atoms with E-state index in [9.17, 15) is 4.79 Å². The van der Waals surface area contributed by atoms with E-state index in [1.165, 1.54) is 0 Å². The second-order valence-corrected chi connectivity index (χ2v) is 5.93. The number of rotatable bonds is 3. The fourth-order valence-corrected chi connectivity index (χ4v) is 2.38. The maximum absolute atomic E-state index is 12.0. The minimum absolute atomic E-state index is 0.132. The molecule has 2 rings (SSSR count). The van der Waals surface area contributed by atoms with Gasteiger partial charge in [0, 0.05) is 36.3 Å². The van der Waals surface area contributed by atoms with Crippen molar-refractivity contribution in [3.8, 4) is 0 Å². The SMILES string of the molecule is CN1CCN(C(=O)CNc2ccc(Br)c(Cl)c2)CC1. The van der Waals surface area contributed by atoms with E-state index in [4.69, 9.17) is 11.6 Å². The van der Waals surface area contributed by atoms with Gasteiger partial charge >= 0.3 is 0 Å². The first kappa shape index (κ1) is 14.6. The highest BCUT2D eigenvalue weighted by molar-refractivity contribution is 9.10. The van der Waals surface area contributed by atoms with Crippen molar-refractivity contribution < 1.29 is 4.79 Å². The predicted molar refractivity (Wildman–Crippen MR) is 81.7 cm³/mol. The van der Waals surface area contributed by atoms with Crippen LogP contribution in [0.3, 0.4) is 0 Å². The molecule has 6 heteroatoms. The summed E-state index contributed by atoms with van der Waals surface area (Å²) in [5.41, 5.74) is 0.857. The summed E-state index contributed by atoms with van der Waals surface area (Å²) in [7, 11) is 2.07. The van der Waals surface area contributed by atoms with Crippen molar-refractivity contribution in [3.05, 3.63) is 27.7 Å². The lowest BCUT2D eigenvalue weighted by Crippen LogP contribution is -2.48. The van der Waals surface area contributed by atoms with Crippen LogP contribution < -0.4 is 5.32 Å². The Kier molecular flexibility index (Phi) is 5.07. The Morgan fingerprint density at radius 3 is 2.68 bits per heavy atom. The molecule has 1 fully saturated rings. The molecule has 1 heterocycles. The number of hydrogen-bond acceptors (Lipinski definition) is 3. The monoisotopic (exact) mass is 345 g/mol. The second-order valence-electron chi connectivity index (χ2n) is 4.67. The van der Waals surface area contributed by atoms with Crippen LogP contribution in [0.5, 0.6) is 0 Å². The highest BCUT2D eigenvalue weighted by Gasteiger charge is 2.18. The summed E-state index contributed by atoms with van der Waals surface area (Å²) in [6.45, 7) is 3.80. The Hall–Kier alpha value is -0.780. The standard InChI is InChI=1S/C13H17BrClN3O/c1-17-4-6-18(7-5-17)13(19)9-16-10-2-3-11(14)12(15)8-10/h2-3,8,16H,4-7,9H2,1H3. The minimum atomic E-state index is 0.132. The lowest BCUT2D eigenvalue weighted by atomic mass is 10.3. The first-order valence-corrected chi connectivity index (χ1v) is 7.38. The fraction of sp³-hybridized carbons (Fsp3) is 0.462. The van der Waals surface area contributed by atoms with E-state index in [2.05, 4.69) is 33.2 Å². The highest BCUT2D eigenvalue weighted by Crippen LogP contribution is 2.25. The molecule has 19 heavy (non-hydrogen) atoms. The van der Waals surface area contributed by atoms with Gasteiger partial charge in [-0.3, -0.25) is 4.79 Å². The van der Waals surface area contributed by atoms with Gasteiger partial charge in [0.1, 0.15) is 0 Å². The molecule has 1 aromatic carbocycles. The number of carbonyl (C=O) groups excluding carboxylic acids is 1. The van der Waals surface area contributed by atoms with Gasteiger partial charge in [0.15, 0.2) is 0 Å². The van der Waals surface area contributed by atoms with E-state index in [1.54, 1.807) is 0 Å². The fourth-order valence-electron chi connectivity index (χ4n) is 1.95. The largest absolute Gasteiger partial charge is 0.376 e. The number of hydrogen-bond donors (Lipinski definition) is 1. The number of piperazine rings is 1. The van der Waals surface area contributed by atoms with Gasteiger partial charge in [0.05, 0.1) is 11.6 Å². The number of nitrogens with zero attached hydrogens (tertiary/aromatic N) is 2. The number of anilines is 1. The molecule has 104 valence electrons. The van der Waals surface area contributed by atoms with Gasteiger partial charge in [-0.1, -0.05) is 11.6 Å². The van der Waals surface area contributed by atoms with E-state index < -0.39 is 0 Å². The molecule has 1 aliphatic heterocycles. The number of halogens is 2. The van der Waals surface area contributed by atoms with E-state index >= 15 is 0 Å². The molecule has 0 atom stereocenters. The molecule has 4 nitrogen and oxygen atoms in total. The normalized spacial score (nSPS) is 16.5. The lowest BCUT2D eigenvalue weighted by molar-refractivity contribution is -0.130. The van der Waals surface area contributed by atoms with Gasteiger partial charge in [0.2, 0.25) is 5.91 Å². The van der Waals surface area contributed by atoms with Crippen molar-refractivity contribution >= 4 is 39.1 Å². The third kappa shape index (κ3) is 4.09. The van der Waals surface area contributed by atoms with Crippen molar-refractivity contribution in [1.82, 2.24) is 9.80 Å². The molecule has 0 bridgehead atoms. The summed E-state index contributed by atoms with van der Waals surface area (Å²) in [6, 6.07) is 5.57. The maximum atomic E-state index is 12.0. The van der Waals surface area contributed by atoms with Crippen LogP contribution >= 0.6 is 27.5 Å². The van der Waals surface area contributed by atoms with Crippen molar-refractivity contribution in [3.63, 3.8) is 0 Å². The zero-order chi connectivity index (χ0) is 13.8. The molecule has 0 aliphatic carbocycles. The van der Waals surface area contributed by atoms with Gasteiger partial charge in [0.25, 0.3) is 0 Å². The molecule has 0 radical (unpaired) electrons. The molecule has 1 aromatic rings. The van der Waals surface area contributed by atoms with Gasteiger partial charge < -0.3 is 15.1 Å². The summed E-state index contributed by atoms with van der Waals surface area (Å²) in [6.07, 6.45) is 0. The first-order valence-electron chi connectivity index (χ1n) is 6.21. The van der Waals surface area contributed by atoms with Crippen LogP contribution in [0.25, 0.3) is 0 Å². The van der Waals surface area contributed by atoms with Crippen molar-refractivity contribution in [2.24, 2.45) is 0 Å². The lowest BCUT2D eigenvalue weighted by Gasteiger charge is -2.32. The van der Waals surface area contributed by atoms with E-state index in [-0.39, 0.29) is 5.91 Å². The van der Waals surface area contributed by atoms with E-state index in [0.29, 0.717) is 11.6 Å². The van der Waals surface area contributed by atoms with Crippen LogP contribution in [-0.2, 0) is 4.79 Å². The van der Waals surface area contributed by atoms with Crippen molar-refractivity contribution in [2.75, 3.05) is 45.1 Å².